The highest BCUT2D eigenvalue weighted by molar-refractivity contribution is 6.99. The Morgan fingerprint density at radius 2 is 1.63 bits per heavy atom. The van der Waals surface area contributed by atoms with Crippen molar-refractivity contribution in [3.05, 3.63) is 97.1 Å². The van der Waals surface area contributed by atoms with Crippen LogP contribution in [0.4, 0.5) is 10.1 Å². The lowest BCUT2D eigenvalue weighted by Crippen LogP contribution is -2.67. The van der Waals surface area contributed by atoms with Crippen molar-refractivity contribution in [1.29, 1.82) is 0 Å². The van der Waals surface area contributed by atoms with Crippen molar-refractivity contribution in [3.63, 3.8) is 0 Å². The molecule has 1 amide bonds. The molecule has 1 aliphatic heterocycles. The van der Waals surface area contributed by atoms with E-state index < -0.39 is 14.1 Å². The number of carbonyl (C=O) groups is 1. The van der Waals surface area contributed by atoms with Crippen LogP contribution in [0.5, 0.6) is 5.88 Å². The van der Waals surface area contributed by atoms with E-state index in [1.165, 1.54) is 22.6 Å². The van der Waals surface area contributed by atoms with Gasteiger partial charge in [-0.05, 0) is 40.9 Å². The quantitative estimate of drug-likeness (QED) is 0.240. The number of amides is 1. The van der Waals surface area contributed by atoms with Gasteiger partial charge in [0.05, 0.1) is 43.0 Å². The number of halogens is 1. The van der Waals surface area contributed by atoms with Gasteiger partial charge in [-0.2, -0.15) is 0 Å². The Bertz CT molecular complexity index is 1460. The van der Waals surface area contributed by atoms with E-state index in [2.05, 4.69) is 55.0 Å². The van der Waals surface area contributed by atoms with Gasteiger partial charge >= 0.3 is 0 Å². The summed E-state index contributed by atoms with van der Waals surface area (Å²) < 4.78 is 28.2. The minimum absolute atomic E-state index is 0.106. The molecule has 0 saturated carbocycles. The molecule has 0 radical (unpaired) electrons. The molecule has 1 atom stereocenters. The number of benzene rings is 3. The molecule has 8 heteroatoms. The lowest BCUT2D eigenvalue weighted by atomic mass is 10.1. The molecule has 0 N–H and O–H groups in total. The SMILES string of the molecule is CCOc1cncc(-c2ccc(N3C(=O)CC[C@H]3CO[Si](c3ccccc3)(c3ccccc3)C(C)(C)C)c(F)c2)n1. The van der Waals surface area contributed by atoms with E-state index in [0.29, 0.717) is 43.2 Å². The van der Waals surface area contributed by atoms with Crippen LogP contribution in [0.1, 0.15) is 40.5 Å². The Balaban J connectivity index is 1.46. The number of anilines is 1. The van der Waals surface area contributed by atoms with Gasteiger partial charge in [-0.25, -0.2) is 9.37 Å². The number of hydrogen-bond donors (Lipinski definition) is 0. The maximum Gasteiger partial charge on any atom is 0.261 e. The zero-order chi connectivity index (χ0) is 29.0. The van der Waals surface area contributed by atoms with E-state index in [4.69, 9.17) is 9.16 Å². The molecule has 212 valence electrons. The molecule has 1 saturated heterocycles. The van der Waals surface area contributed by atoms with Gasteiger partial charge < -0.3 is 14.1 Å². The highest BCUT2D eigenvalue weighted by Gasteiger charge is 2.51. The molecule has 6 nitrogen and oxygen atoms in total. The first kappa shape index (κ1) is 28.6. The fourth-order valence-corrected chi connectivity index (χ4v) is 10.4. The van der Waals surface area contributed by atoms with Crippen molar-refractivity contribution in [2.75, 3.05) is 18.1 Å². The minimum Gasteiger partial charge on any atom is -0.477 e. The van der Waals surface area contributed by atoms with Crippen LogP contribution in [0.3, 0.4) is 0 Å². The van der Waals surface area contributed by atoms with Crippen molar-refractivity contribution in [3.8, 4) is 17.1 Å². The molecule has 1 aromatic heterocycles. The summed E-state index contributed by atoms with van der Waals surface area (Å²) in [7, 11) is -2.81. The highest BCUT2D eigenvalue weighted by atomic mass is 28.4. The number of rotatable bonds is 9. The first-order valence-electron chi connectivity index (χ1n) is 14.1. The third kappa shape index (κ3) is 5.67. The summed E-state index contributed by atoms with van der Waals surface area (Å²) in [5.41, 5.74) is 1.31. The Kier molecular flexibility index (Phi) is 8.33. The molecule has 5 rings (SSSR count). The lowest BCUT2D eigenvalue weighted by Gasteiger charge is -2.44. The Morgan fingerprint density at radius 1 is 0.976 bits per heavy atom. The van der Waals surface area contributed by atoms with Gasteiger partial charge in [-0.1, -0.05) is 87.5 Å². The summed E-state index contributed by atoms with van der Waals surface area (Å²) >= 11 is 0. The lowest BCUT2D eigenvalue weighted by molar-refractivity contribution is -0.117. The third-order valence-corrected chi connectivity index (χ3v) is 12.6. The largest absolute Gasteiger partial charge is 0.477 e. The zero-order valence-electron chi connectivity index (χ0n) is 24.0. The fourth-order valence-electron chi connectivity index (χ4n) is 5.78. The van der Waals surface area contributed by atoms with Gasteiger partial charge in [0, 0.05) is 12.0 Å². The van der Waals surface area contributed by atoms with Crippen LogP contribution >= 0.6 is 0 Å². The smallest absolute Gasteiger partial charge is 0.261 e. The van der Waals surface area contributed by atoms with E-state index in [0.717, 1.165) is 0 Å². The normalized spacial score (nSPS) is 15.8. The molecule has 41 heavy (non-hydrogen) atoms. The predicted octanol–water partition coefficient (Wildman–Crippen LogP) is 5.75. The molecule has 1 fully saturated rings. The van der Waals surface area contributed by atoms with Gasteiger partial charge in [-0.3, -0.25) is 9.78 Å². The highest BCUT2D eigenvalue weighted by Crippen LogP contribution is 2.38. The average Bonchev–Trinajstić information content (AvgIpc) is 3.34. The number of aromatic nitrogens is 2. The van der Waals surface area contributed by atoms with E-state index in [-0.39, 0.29) is 22.7 Å². The minimum atomic E-state index is -2.81. The van der Waals surface area contributed by atoms with Crippen LogP contribution in [-0.4, -0.2) is 43.4 Å². The molecule has 2 heterocycles. The number of hydrogen-bond acceptors (Lipinski definition) is 5. The molecule has 3 aromatic carbocycles. The second-order valence-electron chi connectivity index (χ2n) is 11.3. The molecule has 0 unspecified atom stereocenters. The molecule has 1 aliphatic rings. The average molecular weight is 570 g/mol. The van der Waals surface area contributed by atoms with Crippen LogP contribution < -0.4 is 20.0 Å². The first-order valence-corrected chi connectivity index (χ1v) is 16.0. The molecule has 4 aromatic rings. The van der Waals surface area contributed by atoms with Crippen LogP contribution in [0, 0.1) is 5.82 Å². The van der Waals surface area contributed by atoms with Crippen molar-refractivity contribution in [2.24, 2.45) is 0 Å². The van der Waals surface area contributed by atoms with Crippen molar-refractivity contribution >= 4 is 30.3 Å². The molecule has 0 aliphatic carbocycles. The Hall–Kier alpha value is -3.88. The van der Waals surface area contributed by atoms with Crippen LogP contribution in [-0.2, 0) is 9.22 Å². The predicted molar refractivity (Wildman–Crippen MR) is 163 cm³/mol. The van der Waals surface area contributed by atoms with Gasteiger partial charge in [0.25, 0.3) is 8.32 Å². The van der Waals surface area contributed by atoms with E-state index in [1.807, 2.05) is 43.3 Å². The maximum absolute atomic E-state index is 15.7. The van der Waals surface area contributed by atoms with Crippen LogP contribution in [0.25, 0.3) is 11.3 Å². The summed E-state index contributed by atoms with van der Waals surface area (Å²) in [5.74, 6) is -0.215. The first-order chi connectivity index (χ1) is 19.7. The van der Waals surface area contributed by atoms with Crippen molar-refractivity contribution in [1.82, 2.24) is 9.97 Å². The maximum atomic E-state index is 15.7. The topological polar surface area (TPSA) is 64.5 Å². The Labute approximate surface area is 242 Å². The second kappa shape index (κ2) is 11.9. The summed E-state index contributed by atoms with van der Waals surface area (Å²) in [6.07, 6.45) is 4.04. The van der Waals surface area contributed by atoms with E-state index >= 15 is 4.39 Å². The summed E-state index contributed by atoms with van der Waals surface area (Å²) in [5, 5.41) is 2.13. The number of ether oxygens (including phenoxy) is 1. The van der Waals surface area contributed by atoms with Crippen LogP contribution in [0.2, 0.25) is 5.04 Å². The van der Waals surface area contributed by atoms with Gasteiger partial charge in [-0.15, -0.1) is 0 Å². The van der Waals surface area contributed by atoms with E-state index in [9.17, 15) is 4.79 Å². The fraction of sp³-hybridized carbons (Fsp3) is 0.303. The van der Waals surface area contributed by atoms with Crippen molar-refractivity contribution in [2.45, 2.75) is 51.6 Å². The number of carbonyl (C=O) groups excluding carboxylic acids is 1. The monoisotopic (exact) mass is 569 g/mol. The second-order valence-corrected chi connectivity index (χ2v) is 15.6. The van der Waals surface area contributed by atoms with Crippen molar-refractivity contribution < 1.29 is 18.3 Å². The molecular weight excluding hydrogens is 533 g/mol. The van der Waals surface area contributed by atoms with Gasteiger partial charge in [0.2, 0.25) is 11.8 Å². The standard InChI is InChI=1S/C33H36FN3O3Si/c1-5-39-31-22-35-21-29(36-31)24-16-18-30(28(34)20-24)37-25(17-19-32(37)38)23-40-41(33(2,3)4,26-12-8-6-9-13-26)27-14-10-7-11-15-27/h6-16,18,20-22,25H,5,17,19,23H2,1-4H3/t25-/m0/s1. The molecule has 0 spiro atoms. The summed E-state index contributed by atoms with van der Waals surface area (Å²) in [6.45, 7) is 9.29. The van der Waals surface area contributed by atoms with Gasteiger partial charge in [0.15, 0.2) is 0 Å². The van der Waals surface area contributed by atoms with Crippen LogP contribution in [0.15, 0.2) is 91.3 Å². The summed E-state index contributed by atoms with van der Waals surface area (Å²) in [4.78, 5) is 23.3. The Morgan fingerprint density at radius 3 is 2.22 bits per heavy atom. The molecule has 0 bridgehead atoms. The van der Waals surface area contributed by atoms with Gasteiger partial charge in [0.1, 0.15) is 5.82 Å². The van der Waals surface area contributed by atoms with E-state index in [1.54, 1.807) is 23.2 Å². The third-order valence-electron chi connectivity index (χ3n) is 7.64. The number of nitrogens with zero attached hydrogens (tertiary/aromatic N) is 3. The zero-order valence-corrected chi connectivity index (χ0v) is 25.0. The molecular formula is C33H36FN3O3Si. The summed E-state index contributed by atoms with van der Waals surface area (Å²) in [6, 6.07) is 25.3.